The molecule has 1 aromatic carbocycles. The monoisotopic (exact) mass is 284 g/mol. The number of benzene rings is 1. The molecule has 20 heavy (non-hydrogen) atoms. The molecule has 0 bridgehead atoms. The van der Waals surface area contributed by atoms with Crippen LogP contribution in [0.5, 0.6) is 0 Å². The van der Waals surface area contributed by atoms with Crippen LogP contribution in [0.1, 0.15) is 24.9 Å². The Hall–Kier alpha value is -1.04. The first kappa shape index (κ1) is 15.4. The first-order valence-corrected chi connectivity index (χ1v) is 6.98. The Balaban J connectivity index is 2.17. The third-order valence-corrected chi connectivity index (χ3v) is 4.22. The first-order valence-electron chi connectivity index (χ1n) is 6.98. The van der Waals surface area contributed by atoms with E-state index in [9.17, 15) is 8.78 Å². The minimum absolute atomic E-state index is 0.102. The average Bonchev–Trinajstić information content (AvgIpc) is 2.45. The summed E-state index contributed by atoms with van der Waals surface area (Å²) < 4.78 is 31.9. The van der Waals surface area contributed by atoms with Crippen LogP contribution in [0.3, 0.4) is 0 Å². The number of likely N-dealkylation sites (tertiary alicyclic amines) is 1. The maximum Gasteiger partial charge on any atom is 0.159 e. The number of hydrogen-bond donors (Lipinski definition) is 1. The number of nitrogens with zero attached hydrogens (tertiary/aromatic N) is 1. The zero-order chi connectivity index (χ0) is 14.7. The molecule has 3 unspecified atom stereocenters. The lowest BCUT2D eigenvalue weighted by Crippen LogP contribution is -2.47. The van der Waals surface area contributed by atoms with Crippen LogP contribution in [0, 0.1) is 17.6 Å². The van der Waals surface area contributed by atoms with Crippen molar-refractivity contribution in [2.45, 2.75) is 25.5 Å². The standard InChI is InChI=1S/C15H22F2N2O/c1-10-5-6-19(9-15(10)20-2)14(8-18)11-3-4-12(16)13(17)7-11/h3-4,7,10,14-15H,5-6,8-9,18H2,1-2H3. The summed E-state index contributed by atoms with van der Waals surface area (Å²) >= 11 is 0. The molecule has 1 heterocycles. The van der Waals surface area contributed by atoms with Crippen LogP contribution in [-0.4, -0.2) is 37.7 Å². The van der Waals surface area contributed by atoms with Crippen LogP contribution in [0.4, 0.5) is 8.78 Å². The highest BCUT2D eigenvalue weighted by molar-refractivity contribution is 5.22. The number of methoxy groups -OCH3 is 1. The van der Waals surface area contributed by atoms with Gasteiger partial charge in [0.1, 0.15) is 0 Å². The summed E-state index contributed by atoms with van der Waals surface area (Å²) in [4.78, 5) is 2.20. The molecule has 112 valence electrons. The first-order chi connectivity index (χ1) is 9.56. The molecule has 1 saturated heterocycles. The van der Waals surface area contributed by atoms with Crippen molar-refractivity contribution in [2.24, 2.45) is 11.7 Å². The van der Waals surface area contributed by atoms with Gasteiger partial charge in [-0.25, -0.2) is 8.78 Å². The lowest BCUT2D eigenvalue weighted by molar-refractivity contribution is -0.0183. The van der Waals surface area contributed by atoms with E-state index in [1.165, 1.54) is 6.07 Å². The van der Waals surface area contributed by atoms with Gasteiger partial charge in [-0.2, -0.15) is 0 Å². The number of ether oxygens (including phenoxy) is 1. The fraction of sp³-hybridized carbons (Fsp3) is 0.600. The molecule has 0 radical (unpaired) electrons. The van der Waals surface area contributed by atoms with E-state index in [0.29, 0.717) is 12.5 Å². The quantitative estimate of drug-likeness (QED) is 0.922. The van der Waals surface area contributed by atoms with Crippen LogP contribution in [0.15, 0.2) is 18.2 Å². The molecule has 0 aliphatic carbocycles. The molecule has 1 aromatic rings. The van der Waals surface area contributed by atoms with Crippen LogP contribution in [0.2, 0.25) is 0 Å². The maximum atomic E-state index is 13.4. The van der Waals surface area contributed by atoms with Crippen LogP contribution >= 0.6 is 0 Å². The molecule has 0 aromatic heterocycles. The van der Waals surface area contributed by atoms with Gasteiger partial charge in [0.05, 0.1) is 6.10 Å². The van der Waals surface area contributed by atoms with Crippen LogP contribution in [-0.2, 0) is 4.74 Å². The maximum absolute atomic E-state index is 13.4. The lowest BCUT2D eigenvalue weighted by atomic mass is 9.93. The summed E-state index contributed by atoms with van der Waals surface area (Å²) in [6.45, 7) is 4.19. The Labute approximate surface area is 118 Å². The smallest absolute Gasteiger partial charge is 0.159 e. The van der Waals surface area contributed by atoms with Crippen molar-refractivity contribution < 1.29 is 13.5 Å². The second kappa shape index (κ2) is 6.61. The third-order valence-electron chi connectivity index (χ3n) is 4.22. The summed E-state index contributed by atoms with van der Waals surface area (Å²) in [6.07, 6.45) is 1.17. The van der Waals surface area contributed by atoms with Gasteiger partial charge in [-0.05, 0) is 36.6 Å². The number of rotatable bonds is 4. The molecule has 0 spiro atoms. The van der Waals surface area contributed by atoms with E-state index < -0.39 is 11.6 Å². The van der Waals surface area contributed by atoms with Crippen LogP contribution < -0.4 is 5.73 Å². The van der Waals surface area contributed by atoms with E-state index in [1.54, 1.807) is 13.2 Å². The zero-order valence-electron chi connectivity index (χ0n) is 12.0. The molecule has 3 atom stereocenters. The van der Waals surface area contributed by atoms with Gasteiger partial charge in [0.2, 0.25) is 0 Å². The average molecular weight is 284 g/mol. The van der Waals surface area contributed by atoms with Gasteiger partial charge in [0.15, 0.2) is 11.6 Å². The van der Waals surface area contributed by atoms with Crippen molar-refractivity contribution in [2.75, 3.05) is 26.7 Å². The number of hydrogen-bond acceptors (Lipinski definition) is 3. The zero-order valence-corrected chi connectivity index (χ0v) is 12.0. The van der Waals surface area contributed by atoms with E-state index in [2.05, 4.69) is 11.8 Å². The van der Waals surface area contributed by atoms with Crippen molar-refractivity contribution in [1.82, 2.24) is 4.90 Å². The molecule has 1 fully saturated rings. The van der Waals surface area contributed by atoms with E-state index in [1.807, 2.05) is 0 Å². The molecular weight excluding hydrogens is 262 g/mol. The van der Waals surface area contributed by atoms with E-state index in [0.717, 1.165) is 31.1 Å². The van der Waals surface area contributed by atoms with Crippen molar-refractivity contribution in [3.8, 4) is 0 Å². The fourth-order valence-electron chi connectivity index (χ4n) is 2.86. The molecule has 2 rings (SSSR count). The van der Waals surface area contributed by atoms with Crippen molar-refractivity contribution in [1.29, 1.82) is 0 Å². The minimum atomic E-state index is -0.827. The number of nitrogens with two attached hydrogens (primary N) is 1. The summed E-state index contributed by atoms with van der Waals surface area (Å²) in [7, 11) is 1.71. The third kappa shape index (κ3) is 3.16. The molecule has 2 N–H and O–H groups in total. The van der Waals surface area contributed by atoms with Gasteiger partial charge < -0.3 is 10.5 Å². The van der Waals surface area contributed by atoms with Gasteiger partial charge >= 0.3 is 0 Å². The van der Waals surface area contributed by atoms with Gasteiger partial charge in [0, 0.05) is 26.2 Å². The van der Waals surface area contributed by atoms with Gasteiger partial charge in [0.25, 0.3) is 0 Å². The second-order valence-electron chi connectivity index (χ2n) is 5.46. The molecule has 1 aliphatic heterocycles. The van der Waals surface area contributed by atoms with E-state index >= 15 is 0 Å². The Morgan fingerprint density at radius 1 is 1.40 bits per heavy atom. The predicted molar refractivity (Wildman–Crippen MR) is 74.3 cm³/mol. The Morgan fingerprint density at radius 3 is 2.75 bits per heavy atom. The van der Waals surface area contributed by atoms with E-state index in [4.69, 9.17) is 10.5 Å². The SMILES string of the molecule is COC1CN(C(CN)c2ccc(F)c(F)c2)CCC1C. The second-order valence-corrected chi connectivity index (χ2v) is 5.46. The topological polar surface area (TPSA) is 38.5 Å². The Kier molecular flexibility index (Phi) is 5.07. The Morgan fingerprint density at radius 2 is 2.15 bits per heavy atom. The summed E-state index contributed by atoms with van der Waals surface area (Å²) in [5, 5.41) is 0. The highest BCUT2D eigenvalue weighted by Gasteiger charge is 2.30. The van der Waals surface area contributed by atoms with Gasteiger partial charge in [-0.3, -0.25) is 4.90 Å². The normalized spacial score (nSPS) is 25.6. The molecule has 0 saturated carbocycles. The van der Waals surface area contributed by atoms with Crippen molar-refractivity contribution in [3.05, 3.63) is 35.4 Å². The summed E-state index contributed by atoms with van der Waals surface area (Å²) in [5.74, 6) is -1.15. The van der Waals surface area contributed by atoms with Crippen molar-refractivity contribution in [3.63, 3.8) is 0 Å². The largest absolute Gasteiger partial charge is 0.380 e. The van der Waals surface area contributed by atoms with Crippen molar-refractivity contribution >= 4 is 0 Å². The summed E-state index contributed by atoms with van der Waals surface area (Å²) in [6, 6.07) is 3.91. The van der Waals surface area contributed by atoms with Crippen LogP contribution in [0.25, 0.3) is 0 Å². The number of piperidine rings is 1. The molecule has 5 heteroatoms. The minimum Gasteiger partial charge on any atom is -0.380 e. The number of halogens is 2. The molecule has 0 amide bonds. The molecule has 3 nitrogen and oxygen atoms in total. The predicted octanol–water partition coefficient (Wildman–Crippen LogP) is 2.32. The summed E-state index contributed by atoms with van der Waals surface area (Å²) in [5.41, 5.74) is 6.56. The van der Waals surface area contributed by atoms with E-state index in [-0.39, 0.29) is 12.1 Å². The fourth-order valence-corrected chi connectivity index (χ4v) is 2.86. The highest BCUT2D eigenvalue weighted by atomic mass is 19.2. The lowest BCUT2D eigenvalue weighted by Gasteiger charge is -2.40. The molecular formula is C15H22F2N2O. The van der Waals surface area contributed by atoms with Gasteiger partial charge in [-0.15, -0.1) is 0 Å². The molecule has 1 aliphatic rings. The Bertz CT molecular complexity index is 455. The highest BCUT2D eigenvalue weighted by Crippen LogP contribution is 2.28. The van der Waals surface area contributed by atoms with Gasteiger partial charge in [-0.1, -0.05) is 13.0 Å².